The summed E-state index contributed by atoms with van der Waals surface area (Å²) in [6.45, 7) is 7.62. The Hall–Kier alpha value is -2.69. The van der Waals surface area contributed by atoms with Crippen LogP contribution in [0.5, 0.6) is 0 Å². The van der Waals surface area contributed by atoms with Crippen LogP contribution in [0, 0.1) is 12.7 Å². The topological polar surface area (TPSA) is 40.5 Å². The maximum absolute atomic E-state index is 12.3. The molecule has 5 heteroatoms. The maximum atomic E-state index is 12.3. The third-order valence-corrected chi connectivity index (χ3v) is 3.85. The zero-order valence-electron chi connectivity index (χ0n) is 14.3. The van der Waals surface area contributed by atoms with Crippen LogP contribution >= 0.6 is 0 Å². The molecule has 0 saturated carbocycles. The van der Waals surface area contributed by atoms with E-state index in [1.165, 1.54) is 11.8 Å². The highest BCUT2D eigenvalue weighted by Gasteiger charge is 2.21. The fourth-order valence-corrected chi connectivity index (χ4v) is 2.32. The van der Waals surface area contributed by atoms with E-state index in [9.17, 15) is 4.39 Å². The molecule has 0 spiro atoms. The lowest BCUT2D eigenvalue weighted by Crippen LogP contribution is -2.16. The zero-order chi connectivity index (χ0) is 17.5. The van der Waals surface area contributed by atoms with Gasteiger partial charge in [-0.05, 0) is 43.2 Å². The van der Waals surface area contributed by atoms with Crippen LogP contribution in [0.1, 0.15) is 24.5 Å². The number of anilines is 1. The number of rotatable bonds is 3. The van der Waals surface area contributed by atoms with E-state index in [0.717, 1.165) is 17.8 Å². The van der Waals surface area contributed by atoms with Crippen molar-refractivity contribution in [1.29, 1.82) is 0 Å². The Bertz CT molecular complexity index is 689. The first-order valence-electron chi connectivity index (χ1n) is 7.87. The molecule has 0 amide bonds. The van der Waals surface area contributed by atoms with E-state index in [0.29, 0.717) is 11.6 Å². The molecule has 3 rings (SSSR count). The van der Waals surface area contributed by atoms with Crippen LogP contribution in [0.3, 0.4) is 0 Å². The summed E-state index contributed by atoms with van der Waals surface area (Å²) < 4.78 is 12.3. The number of aromatic nitrogens is 1. The van der Waals surface area contributed by atoms with Crippen LogP contribution in [-0.4, -0.2) is 28.8 Å². The van der Waals surface area contributed by atoms with E-state index in [-0.39, 0.29) is 5.82 Å². The molecule has 24 heavy (non-hydrogen) atoms. The van der Waals surface area contributed by atoms with Gasteiger partial charge in [0.25, 0.3) is 0 Å². The predicted molar refractivity (Wildman–Crippen MR) is 97.6 cm³/mol. The Kier molecular flexibility index (Phi) is 6.07. The molecule has 0 aliphatic carbocycles. The van der Waals surface area contributed by atoms with Gasteiger partial charge in [0.05, 0.1) is 18.0 Å². The molecule has 2 aromatic rings. The molecule has 0 fully saturated rings. The van der Waals surface area contributed by atoms with Gasteiger partial charge in [0.1, 0.15) is 5.82 Å². The van der Waals surface area contributed by atoms with Crippen molar-refractivity contribution in [2.45, 2.75) is 26.3 Å². The van der Waals surface area contributed by atoms with Gasteiger partial charge in [-0.3, -0.25) is 9.99 Å². The highest BCUT2D eigenvalue weighted by atomic mass is 19.1. The maximum Gasteiger partial charge on any atom is 0.144 e. The highest BCUT2D eigenvalue weighted by molar-refractivity contribution is 6.01. The van der Waals surface area contributed by atoms with Gasteiger partial charge in [-0.25, -0.2) is 4.39 Å². The summed E-state index contributed by atoms with van der Waals surface area (Å²) in [6.07, 6.45) is 5.53. The van der Waals surface area contributed by atoms with Crippen molar-refractivity contribution >= 4 is 11.4 Å². The fourth-order valence-electron chi connectivity index (χ4n) is 2.32. The Balaban J connectivity index is 0.000000219. The van der Waals surface area contributed by atoms with Crippen LogP contribution in [0.4, 0.5) is 10.1 Å². The molecule has 0 bridgehead atoms. The van der Waals surface area contributed by atoms with Crippen molar-refractivity contribution in [3.05, 3.63) is 72.4 Å². The summed E-state index contributed by atoms with van der Waals surface area (Å²) >= 11 is 0. The number of benzene rings is 1. The molecule has 1 aromatic heterocycles. The molecule has 1 aromatic carbocycles. The fraction of sp³-hybridized carbons (Fsp3) is 0.263. The third kappa shape index (κ3) is 4.41. The number of pyridine rings is 1. The van der Waals surface area contributed by atoms with Gasteiger partial charge < -0.3 is 5.32 Å². The predicted octanol–water partition coefficient (Wildman–Crippen LogP) is 4.20. The lowest BCUT2D eigenvalue weighted by atomic mass is 10.0. The molecular weight excluding hydrogens is 303 g/mol. The largest absolute Gasteiger partial charge is 0.388 e. The van der Waals surface area contributed by atoms with Crippen molar-refractivity contribution in [1.82, 2.24) is 9.99 Å². The van der Waals surface area contributed by atoms with Crippen LogP contribution in [-0.2, 0) is 0 Å². The Morgan fingerprint density at radius 3 is 2.46 bits per heavy atom. The van der Waals surface area contributed by atoms with E-state index >= 15 is 0 Å². The number of hydrogen-bond donors (Lipinski definition) is 1. The number of hydrazone groups is 1. The number of halogens is 1. The number of nitrogens with zero attached hydrogens (tertiary/aromatic N) is 3. The normalized spacial score (nSPS) is 16.1. The van der Waals surface area contributed by atoms with Crippen LogP contribution in [0.2, 0.25) is 0 Å². The van der Waals surface area contributed by atoms with Gasteiger partial charge in [-0.2, -0.15) is 5.10 Å². The summed E-state index contributed by atoms with van der Waals surface area (Å²) in [5, 5.41) is 9.55. The van der Waals surface area contributed by atoms with Crippen molar-refractivity contribution in [2.24, 2.45) is 5.10 Å². The molecule has 0 saturated heterocycles. The number of nitrogens with one attached hydrogen (secondary N) is 1. The van der Waals surface area contributed by atoms with E-state index in [1.54, 1.807) is 25.4 Å². The quantitative estimate of drug-likeness (QED) is 0.919. The minimum absolute atomic E-state index is 0.243. The molecule has 1 N–H and O–H groups in total. The average molecular weight is 326 g/mol. The van der Waals surface area contributed by atoms with Crippen molar-refractivity contribution in [3.8, 4) is 0 Å². The molecule has 4 nitrogen and oxygen atoms in total. The van der Waals surface area contributed by atoms with Crippen molar-refractivity contribution in [2.75, 3.05) is 12.4 Å². The molecule has 2 heterocycles. The summed E-state index contributed by atoms with van der Waals surface area (Å²) in [5.74, 6) is -0.243. The van der Waals surface area contributed by atoms with E-state index in [2.05, 4.69) is 53.2 Å². The lowest BCUT2D eigenvalue weighted by molar-refractivity contribution is 0.344. The molecule has 1 aliphatic heterocycles. The van der Waals surface area contributed by atoms with Crippen LogP contribution < -0.4 is 5.32 Å². The zero-order valence-corrected chi connectivity index (χ0v) is 14.3. The summed E-state index contributed by atoms with van der Waals surface area (Å²) in [4.78, 5) is 3.57. The molecule has 1 aliphatic rings. The smallest absolute Gasteiger partial charge is 0.144 e. The standard InChI is InChI=1S/C13H17N3.C6H6FN/c1-4-16-10(2)9-13(15-16)11-5-7-12(14-3)8-6-11;1-5-2-3-8-4-6(5)7/h4-8,10,14H,1,9H2,2-3H3;2-4H,1H3. The number of hydrogen-bond acceptors (Lipinski definition) is 4. The first-order chi connectivity index (χ1) is 11.5. The first-order valence-corrected chi connectivity index (χ1v) is 7.87. The monoisotopic (exact) mass is 326 g/mol. The van der Waals surface area contributed by atoms with E-state index in [4.69, 9.17) is 0 Å². The summed E-state index contributed by atoms with van der Waals surface area (Å²) in [6, 6.07) is 10.4. The Morgan fingerprint density at radius 1 is 1.29 bits per heavy atom. The molecule has 1 atom stereocenters. The Labute approximate surface area is 142 Å². The van der Waals surface area contributed by atoms with Gasteiger partial charge in [-0.1, -0.05) is 18.7 Å². The van der Waals surface area contributed by atoms with Gasteiger partial charge in [-0.15, -0.1) is 0 Å². The average Bonchev–Trinajstić information content (AvgIpc) is 2.99. The molecular formula is C19H23FN4. The SMILES string of the molecule is C=CN1N=C(c2ccc(NC)cc2)CC1C.Cc1ccncc1F. The minimum atomic E-state index is -0.243. The van der Waals surface area contributed by atoms with Gasteiger partial charge in [0.15, 0.2) is 0 Å². The second kappa shape index (κ2) is 8.24. The lowest BCUT2D eigenvalue weighted by Gasteiger charge is -2.12. The van der Waals surface area contributed by atoms with E-state index in [1.807, 2.05) is 12.1 Å². The van der Waals surface area contributed by atoms with Crippen LogP contribution in [0.25, 0.3) is 0 Å². The molecule has 126 valence electrons. The highest BCUT2D eigenvalue weighted by Crippen LogP contribution is 2.20. The Morgan fingerprint density at radius 2 is 2.00 bits per heavy atom. The van der Waals surface area contributed by atoms with Crippen molar-refractivity contribution < 1.29 is 4.39 Å². The van der Waals surface area contributed by atoms with Gasteiger partial charge in [0.2, 0.25) is 0 Å². The summed E-state index contributed by atoms with van der Waals surface area (Å²) in [7, 11) is 1.92. The van der Waals surface area contributed by atoms with Crippen LogP contribution in [0.15, 0.2) is 60.6 Å². The minimum Gasteiger partial charge on any atom is -0.388 e. The molecule has 0 radical (unpaired) electrons. The van der Waals surface area contributed by atoms with Gasteiger partial charge in [0, 0.05) is 31.6 Å². The second-order valence-corrected chi connectivity index (χ2v) is 5.61. The molecule has 1 unspecified atom stereocenters. The number of aryl methyl sites for hydroxylation is 1. The van der Waals surface area contributed by atoms with Crippen molar-refractivity contribution in [3.63, 3.8) is 0 Å². The third-order valence-electron chi connectivity index (χ3n) is 3.85. The second-order valence-electron chi connectivity index (χ2n) is 5.61. The van der Waals surface area contributed by atoms with Gasteiger partial charge >= 0.3 is 0 Å². The summed E-state index contributed by atoms with van der Waals surface area (Å²) in [5.41, 5.74) is 4.08. The van der Waals surface area contributed by atoms with E-state index < -0.39 is 0 Å². The first kappa shape index (κ1) is 17.7.